The maximum absolute atomic E-state index is 6.71. The number of nitrogens with zero attached hydrogens (tertiary/aromatic N) is 4. The summed E-state index contributed by atoms with van der Waals surface area (Å²) in [6.45, 7) is 0. The summed E-state index contributed by atoms with van der Waals surface area (Å²) in [4.78, 5) is 15.6. The Morgan fingerprint density at radius 3 is 2.02 bits per heavy atom. The molecule has 0 radical (unpaired) electrons. The van der Waals surface area contributed by atoms with Gasteiger partial charge in [0.15, 0.2) is 11.6 Å². The Morgan fingerprint density at radius 2 is 1.25 bits per heavy atom. The lowest BCUT2D eigenvalue weighted by Crippen LogP contribution is -2.14. The molecule has 1 atom stereocenters. The average Bonchev–Trinajstić information content (AvgIpc) is 3.82. The monoisotopic (exact) mass is 720 g/mol. The maximum atomic E-state index is 6.71. The fourth-order valence-corrected chi connectivity index (χ4v) is 9.32. The minimum absolute atomic E-state index is 0.101. The topological polar surface area (TPSA) is 56.7 Å². The van der Waals surface area contributed by atoms with E-state index in [2.05, 4.69) is 156 Å². The van der Waals surface area contributed by atoms with E-state index in [4.69, 9.17) is 19.4 Å². The highest BCUT2D eigenvalue weighted by molar-refractivity contribution is 6.21. The lowest BCUT2D eigenvalue weighted by molar-refractivity contribution is 0.585. The van der Waals surface area contributed by atoms with Gasteiger partial charge in [0.2, 0.25) is 0 Å². The van der Waals surface area contributed by atoms with E-state index in [1.54, 1.807) is 0 Å². The van der Waals surface area contributed by atoms with E-state index in [1.807, 2.05) is 0 Å². The number of rotatable bonds is 4. The molecule has 0 spiro atoms. The first-order chi connectivity index (χ1) is 27.7. The number of hydrogen-bond acceptors (Lipinski definition) is 4. The van der Waals surface area contributed by atoms with Gasteiger partial charge in [0.05, 0.1) is 17.0 Å². The van der Waals surface area contributed by atoms with Crippen LogP contribution in [0.3, 0.4) is 0 Å². The molecule has 0 fully saturated rings. The first kappa shape index (κ1) is 31.5. The molecule has 1 unspecified atom stereocenters. The lowest BCUT2D eigenvalue weighted by atomic mass is 9.86. The smallest absolute Gasteiger partial charge is 0.163 e. The van der Waals surface area contributed by atoms with E-state index >= 15 is 0 Å². The second-order valence-corrected chi connectivity index (χ2v) is 15.3. The van der Waals surface area contributed by atoms with Crippen LogP contribution in [0.25, 0.3) is 88.0 Å². The zero-order valence-corrected chi connectivity index (χ0v) is 30.7. The predicted octanol–water partition coefficient (Wildman–Crippen LogP) is 13.2. The summed E-state index contributed by atoms with van der Waals surface area (Å²) in [7, 11) is 0. The highest BCUT2D eigenvalue weighted by atomic mass is 16.3. The fourth-order valence-electron chi connectivity index (χ4n) is 9.32. The largest absolute Gasteiger partial charge is 0.456 e. The molecule has 56 heavy (non-hydrogen) atoms. The van der Waals surface area contributed by atoms with Crippen molar-refractivity contribution in [1.29, 1.82) is 0 Å². The van der Waals surface area contributed by atoms with Crippen LogP contribution in [0.4, 0.5) is 0 Å². The van der Waals surface area contributed by atoms with Crippen LogP contribution >= 0.6 is 0 Å². The minimum Gasteiger partial charge on any atom is -0.456 e. The zero-order chi connectivity index (χ0) is 36.7. The minimum atomic E-state index is -0.101. The molecule has 3 heterocycles. The Hall–Kier alpha value is -6.85. The van der Waals surface area contributed by atoms with E-state index in [9.17, 15) is 0 Å². The summed E-state index contributed by atoms with van der Waals surface area (Å²) in [6, 6.07) is 37.9. The first-order valence-corrected chi connectivity index (χ1v) is 19.8. The van der Waals surface area contributed by atoms with Crippen LogP contribution in [-0.2, 0) is 0 Å². The van der Waals surface area contributed by atoms with Crippen molar-refractivity contribution >= 4 is 82.3 Å². The number of benzene rings is 6. The molecular formula is C51H36N4O. The summed E-state index contributed by atoms with van der Waals surface area (Å²) >= 11 is 0. The summed E-state index contributed by atoms with van der Waals surface area (Å²) in [6.07, 6.45) is 22.4. The normalized spacial score (nSPS) is 16.8. The van der Waals surface area contributed by atoms with Gasteiger partial charge in [0, 0.05) is 43.9 Å². The first-order valence-electron chi connectivity index (χ1n) is 19.8. The van der Waals surface area contributed by atoms with Crippen LogP contribution in [0.1, 0.15) is 66.8 Å². The third-order valence-corrected chi connectivity index (χ3v) is 12.0. The zero-order valence-electron chi connectivity index (χ0n) is 30.7. The van der Waals surface area contributed by atoms with Gasteiger partial charge in [0.25, 0.3) is 0 Å². The van der Waals surface area contributed by atoms with Crippen molar-refractivity contribution in [3.8, 4) is 5.69 Å². The van der Waals surface area contributed by atoms with Crippen molar-refractivity contribution in [2.24, 2.45) is 0 Å². The van der Waals surface area contributed by atoms with Crippen molar-refractivity contribution < 1.29 is 4.42 Å². The SMILES string of the molecule is C1=CC(c2nc(C3=CCCC=C3)nc(C3CC=Cc4oc5ccc6ccc(-n7c8cc9ccccc9cc8c8ccc9ccccc9c87)cc6c5c43)n2)=CCC1. The Bertz CT molecular complexity index is 3240. The molecule has 3 aliphatic carbocycles. The number of hydrogen-bond donors (Lipinski definition) is 0. The second kappa shape index (κ2) is 12.3. The molecule has 0 saturated heterocycles. The van der Waals surface area contributed by atoms with Crippen molar-refractivity contribution in [3.63, 3.8) is 0 Å². The second-order valence-electron chi connectivity index (χ2n) is 15.3. The fraction of sp³-hybridized carbons (Fsp3) is 0.118. The van der Waals surface area contributed by atoms with Crippen LogP contribution in [-0.4, -0.2) is 19.5 Å². The van der Waals surface area contributed by atoms with Crippen molar-refractivity contribution in [2.45, 2.75) is 38.0 Å². The molecule has 266 valence electrons. The molecule has 9 aromatic rings. The van der Waals surface area contributed by atoms with Gasteiger partial charge in [-0.3, -0.25) is 0 Å². The maximum Gasteiger partial charge on any atom is 0.163 e. The molecule has 12 rings (SSSR count). The van der Waals surface area contributed by atoms with Gasteiger partial charge in [-0.15, -0.1) is 0 Å². The van der Waals surface area contributed by atoms with Crippen LogP contribution in [0, 0.1) is 0 Å². The Balaban J connectivity index is 1.11. The molecule has 3 aromatic heterocycles. The van der Waals surface area contributed by atoms with Gasteiger partial charge in [0.1, 0.15) is 17.2 Å². The molecule has 0 saturated carbocycles. The molecular weight excluding hydrogens is 685 g/mol. The molecule has 0 bridgehead atoms. The van der Waals surface area contributed by atoms with Crippen molar-refractivity contribution in [1.82, 2.24) is 19.5 Å². The van der Waals surface area contributed by atoms with Gasteiger partial charge in [-0.1, -0.05) is 115 Å². The molecule has 6 aromatic carbocycles. The van der Waals surface area contributed by atoms with E-state index < -0.39 is 0 Å². The summed E-state index contributed by atoms with van der Waals surface area (Å²) in [5, 5.41) is 10.9. The van der Waals surface area contributed by atoms with Gasteiger partial charge in [-0.25, -0.2) is 15.0 Å². The number of allylic oxidation sites excluding steroid dienone is 9. The summed E-state index contributed by atoms with van der Waals surface area (Å²) < 4.78 is 9.19. The van der Waals surface area contributed by atoms with E-state index in [0.29, 0.717) is 0 Å². The van der Waals surface area contributed by atoms with Crippen LogP contribution in [0.2, 0.25) is 0 Å². The highest BCUT2D eigenvalue weighted by Gasteiger charge is 2.30. The third-order valence-electron chi connectivity index (χ3n) is 12.0. The Labute approximate surface area is 323 Å². The van der Waals surface area contributed by atoms with E-state index in [-0.39, 0.29) is 5.92 Å². The van der Waals surface area contributed by atoms with Gasteiger partial charge in [-0.05, 0) is 95.4 Å². The van der Waals surface area contributed by atoms with Crippen LogP contribution in [0.15, 0.2) is 150 Å². The van der Waals surface area contributed by atoms with Gasteiger partial charge >= 0.3 is 0 Å². The molecule has 0 aliphatic heterocycles. The molecule has 0 amide bonds. The molecule has 3 aliphatic rings. The molecule has 0 N–H and O–H groups in total. The standard InChI is InChI=1S/C51H36N4O/c1-3-13-33(14-4-1)49-52-50(34-15-5-2-6-16-34)54-51(53-49)40-20-11-21-44-46(40)47-41-30-37(25-22-32(41)24-27-45(47)56-44)55-43-29-36-18-8-7-17-35(36)28-42(43)39-26-23-31-12-9-10-19-38(31)48(39)55/h3,5,7-19,21-30,40H,1-2,4,6,20H2. The summed E-state index contributed by atoms with van der Waals surface area (Å²) in [5.41, 5.74) is 7.68. The Morgan fingerprint density at radius 1 is 0.554 bits per heavy atom. The van der Waals surface area contributed by atoms with Crippen molar-refractivity contribution in [2.75, 3.05) is 0 Å². The number of furan rings is 1. The molecule has 5 nitrogen and oxygen atoms in total. The lowest BCUT2D eigenvalue weighted by Gasteiger charge is -2.20. The van der Waals surface area contributed by atoms with E-state index in [0.717, 1.165) is 94.1 Å². The van der Waals surface area contributed by atoms with Gasteiger partial charge in [-0.2, -0.15) is 0 Å². The van der Waals surface area contributed by atoms with Crippen LogP contribution < -0.4 is 0 Å². The average molecular weight is 721 g/mol. The van der Waals surface area contributed by atoms with Crippen LogP contribution in [0.5, 0.6) is 0 Å². The number of aromatic nitrogens is 4. The third kappa shape index (κ3) is 4.83. The van der Waals surface area contributed by atoms with Crippen molar-refractivity contribution in [3.05, 3.63) is 174 Å². The quantitative estimate of drug-likeness (QED) is 0.182. The number of fused-ring (bicyclic) bond motifs is 11. The summed E-state index contributed by atoms with van der Waals surface area (Å²) in [5.74, 6) is 3.04. The van der Waals surface area contributed by atoms with Gasteiger partial charge < -0.3 is 8.98 Å². The van der Waals surface area contributed by atoms with E-state index in [1.165, 1.54) is 48.7 Å². The molecule has 5 heteroatoms. The predicted molar refractivity (Wildman–Crippen MR) is 231 cm³/mol. The Kier molecular flexibility index (Phi) is 6.94. The highest BCUT2D eigenvalue weighted by Crippen LogP contribution is 2.45.